The van der Waals surface area contributed by atoms with Gasteiger partial charge in [0.15, 0.2) is 0 Å². The summed E-state index contributed by atoms with van der Waals surface area (Å²) in [6.07, 6.45) is 1.07. The van der Waals surface area contributed by atoms with Crippen LogP contribution in [0, 0.1) is 5.92 Å². The van der Waals surface area contributed by atoms with Gasteiger partial charge in [0.25, 0.3) is 0 Å². The maximum Gasteiger partial charge on any atom is 0.317 e. The van der Waals surface area contributed by atoms with E-state index in [9.17, 15) is 4.79 Å². The minimum atomic E-state index is 0.0995. The topological polar surface area (TPSA) is 32.3 Å². The molecule has 1 N–H and O–H groups in total. The van der Waals surface area contributed by atoms with E-state index in [2.05, 4.69) is 26.1 Å². The molecule has 0 spiro atoms. The van der Waals surface area contributed by atoms with Crippen LogP contribution in [0.15, 0.2) is 0 Å². The summed E-state index contributed by atoms with van der Waals surface area (Å²) in [5.74, 6) is 0.536. The van der Waals surface area contributed by atoms with Gasteiger partial charge < -0.3 is 10.2 Å². The predicted molar refractivity (Wildman–Crippen MR) is 49.0 cm³/mol. The molecular weight excluding hydrogens is 152 g/mol. The van der Waals surface area contributed by atoms with Crippen molar-refractivity contribution in [3.8, 4) is 0 Å². The molecule has 70 valence electrons. The van der Waals surface area contributed by atoms with E-state index in [1.165, 1.54) is 0 Å². The van der Waals surface area contributed by atoms with Gasteiger partial charge in [-0.25, -0.2) is 4.79 Å². The normalized spacial score (nSPS) is 21.0. The molecule has 0 aromatic heterocycles. The lowest BCUT2D eigenvalue weighted by Crippen LogP contribution is -2.51. The van der Waals surface area contributed by atoms with E-state index in [0.29, 0.717) is 12.0 Å². The van der Waals surface area contributed by atoms with Crippen LogP contribution in [0.25, 0.3) is 0 Å². The van der Waals surface area contributed by atoms with Gasteiger partial charge >= 0.3 is 6.03 Å². The number of nitrogens with zero attached hydrogens (tertiary/aromatic N) is 1. The van der Waals surface area contributed by atoms with Crippen LogP contribution in [0.5, 0.6) is 0 Å². The highest BCUT2D eigenvalue weighted by Gasteiger charge is 2.24. The first-order valence-electron chi connectivity index (χ1n) is 4.67. The van der Waals surface area contributed by atoms with Gasteiger partial charge in [0.05, 0.1) is 0 Å². The van der Waals surface area contributed by atoms with Crippen LogP contribution in [-0.4, -0.2) is 30.1 Å². The summed E-state index contributed by atoms with van der Waals surface area (Å²) < 4.78 is 0. The van der Waals surface area contributed by atoms with E-state index in [0.717, 1.165) is 19.5 Å². The number of nitrogens with one attached hydrogen (secondary N) is 1. The summed E-state index contributed by atoms with van der Waals surface area (Å²) >= 11 is 0. The first-order chi connectivity index (χ1) is 5.63. The molecule has 3 heteroatoms. The Labute approximate surface area is 74.1 Å². The Kier molecular flexibility index (Phi) is 2.95. The molecule has 0 aromatic carbocycles. The van der Waals surface area contributed by atoms with E-state index in [1.54, 1.807) is 0 Å². The van der Waals surface area contributed by atoms with Gasteiger partial charge in [0.1, 0.15) is 0 Å². The standard InChI is InChI=1S/C9H18N2O/c1-7(2)8(3)11-6-4-5-10-9(11)12/h7-8H,4-6H2,1-3H3,(H,10,12)/t8-/m1/s1. The number of carbonyl (C=O) groups excluding carboxylic acids is 1. The smallest absolute Gasteiger partial charge is 0.317 e. The van der Waals surface area contributed by atoms with Crippen LogP contribution in [0.1, 0.15) is 27.2 Å². The number of amides is 2. The summed E-state index contributed by atoms with van der Waals surface area (Å²) in [5.41, 5.74) is 0. The third kappa shape index (κ3) is 1.90. The quantitative estimate of drug-likeness (QED) is 0.668. The zero-order valence-electron chi connectivity index (χ0n) is 8.13. The van der Waals surface area contributed by atoms with Gasteiger partial charge in [0.2, 0.25) is 0 Å². The molecule has 1 heterocycles. The number of hydrogen-bond acceptors (Lipinski definition) is 1. The van der Waals surface area contributed by atoms with Crippen LogP contribution < -0.4 is 5.32 Å². The van der Waals surface area contributed by atoms with Gasteiger partial charge in [-0.05, 0) is 19.3 Å². The number of hydrogen-bond donors (Lipinski definition) is 1. The third-order valence-electron chi connectivity index (χ3n) is 2.57. The van der Waals surface area contributed by atoms with Gasteiger partial charge in [-0.15, -0.1) is 0 Å². The lowest BCUT2D eigenvalue weighted by Gasteiger charge is -2.34. The molecule has 0 unspecified atom stereocenters. The average molecular weight is 170 g/mol. The molecule has 1 saturated heterocycles. The Morgan fingerprint density at radius 2 is 2.08 bits per heavy atom. The van der Waals surface area contributed by atoms with Crippen molar-refractivity contribution in [3.63, 3.8) is 0 Å². The van der Waals surface area contributed by atoms with Crippen molar-refractivity contribution in [3.05, 3.63) is 0 Å². The van der Waals surface area contributed by atoms with E-state index in [-0.39, 0.29) is 6.03 Å². The van der Waals surface area contributed by atoms with Crippen LogP contribution in [0.2, 0.25) is 0 Å². The van der Waals surface area contributed by atoms with Crippen molar-refractivity contribution in [2.75, 3.05) is 13.1 Å². The van der Waals surface area contributed by atoms with Gasteiger partial charge in [-0.1, -0.05) is 13.8 Å². The molecular formula is C9H18N2O. The highest BCUT2D eigenvalue weighted by Crippen LogP contribution is 2.12. The van der Waals surface area contributed by atoms with Crippen LogP contribution in [-0.2, 0) is 0 Å². The Morgan fingerprint density at radius 1 is 1.42 bits per heavy atom. The number of carbonyl (C=O) groups is 1. The number of rotatable bonds is 2. The average Bonchev–Trinajstić information content (AvgIpc) is 2.04. The fourth-order valence-electron chi connectivity index (χ4n) is 1.40. The molecule has 2 amide bonds. The summed E-state index contributed by atoms with van der Waals surface area (Å²) in [6.45, 7) is 8.14. The largest absolute Gasteiger partial charge is 0.338 e. The minimum Gasteiger partial charge on any atom is -0.338 e. The summed E-state index contributed by atoms with van der Waals surface area (Å²) in [6, 6.07) is 0.452. The molecule has 1 aliphatic heterocycles. The first kappa shape index (κ1) is 9.36. The second-order valence-corrected chi connectivity index (χ2v) is 3.76. The van der Waals surface area contributed by atoms with Crippen LogP contribution >= 0.6 is 0 Å². The molecule has 0 aliphatic carbocycles. The van der Waals surface area contributed by atoms with E-state index in [4.69, 9.17) is 0 Å². The van der Waals surface area contributed by atoms with Crippen LogP contribution in [0.4, 0.5) is 4.79 Å². The summed E-state index contributed by atoms with van der Waals surface area (Å²) in [7, 11) is 0. The maximum absolute atomic E-state index is 11.4. The molecule has 1 rings (SSSR count). The predicted octanol–water partition coefficient (Wildman–Crippen LogP) is 1.45. The maximum atomic E-state index is 11.4. The lowest BCUT2D eigenvalue weighted by atomic mass is 10.0. The van der Waals surface area contributed by atoms with E-state index < -0.39 is 0 Å². The second-order valence-electron chi connectivity index (χ2n) is 3.76. The highest BCUT2D eigenvalue weighted by molar-refractivity contribution is 5.75. The van der Waals surface area contributed by atoms with E-state index >= 15 is 0 Å². The monoisotopic (exact) mass is 170 g/mol. The SMILES string of the molecule is CC(C)[C@@H](C)N1CCCNC1=O. The van der Waals surface area contributed by atoms with E-state index in [1.807, 2.05) is 4.90 Å². The van der Waals surface area contributed by atoms with Crippen LogP contribution in [0.3, 0.4) is 0 Å². The molecule has 1 atom stereocenters. The van der Waals surface area contributed by atoms with Crippen molar-refractivity contribution in [1.29, 1.82) is 0 Å². The fourth-order valence-corrected chi connectivity index (χ4v) is 1.40. The minimum absolute atomic E-state index is 0.0995. The molecule has 0 radical (unpaired) electrons. The Morgan fingerprint density at radius 3 is 2.58 bits per heavy atom. The summed E-state index contributed by atoms with van der Waals surface area (Å²) in [4.78, 5) is 13.3. The van der Waals surface area contributed by atoms with Gasteiger partial charge in [-0.3, -0.25) is 0 Å². The highest BCUT2D eigenvalue weighted by atomic mass is 16.2. The summed E-state index contributed by atoms with van der Waals surface area (Å²) in [5, 5.41) is 2.85. The zero-order chi connectivity index (χ0) is 9.14. The van der Waals surface area contributed by atoms with Crippen molar-refractivity contribution in [2.45, 2.75) is 33.2 Å². The first-order valence-corrected chi connectivity index (χ1v) is 4.67. The molecule has 1 aliphatic rings. The molecule has 0 saturated carbocycles. The van der Waals surface area contributed by atoms with Crippen molar-refractivity contribution >= 4 is 6.03 Å². The third-order valence-corrected chi connectivity index (χ3v) is 2.57. The molecule has 0 bridgehead atoms. The fraction of sp³-hybridized carbons (Fsp3) is 0.889. The second kappa shape index (κ2) is 3.78. The molecule has 3 nitrogen and oxygen atoms in total. The Hall–Kier alpha value is -0.730. The zero-order valence-corrected chi connectivity index (χ0v) is 8.13. The number of urea groups is 1. The van der Waals surface area contributed by atoms with Crippen molar-refractivity contribution < 1.29 is 4.79 Å². The lowest BCUT2D eigenvalue weighted by molar-refractivity contribution is 0.149. The Bertz CT molecular complexity index is 168. The Balaban J connectivity index is 2.53. The van der Waals surface area contributed by atoms with Crippen molar-refractivity contribution in [1.82, 2.24) is 10.2 Å². The van der Waals surface area contributed by atoms with Gasteiger partial charge in [0, 0.05) is 19.1 Å². The molecule has 0 aromatic rings. The van der Waals surface area contributed by atoms with Gasteiger partial charge in [-0.2, -0.15) is 0 Å². The van der Waals surface area contributed by atoms with Crippen molar-refractivity contribution in [2.24, 2.45) is 5.92 Å². The molecule has 12 heavy (non-hydrogen) atoms. The molecule has 1 fully saturated rings.